The third-order valence-electron chi connectivity index (χ3n) is 8.33. The van der Waals surface area contributed by atoms with Crippen LogP contribution in [0.25, 0.3) is 10.8 Å². The van der Waals surface area contributed by atoms with Gasteiger partial charge in [-0.25, -0.2) is 0 Å². The number of hydrogen-bond donors (Lipinski definition) is 1. The van der Waals surface area contributed by atoms with Gasteiger partial charge in [-0.3, -0.25) is 19.4 Å². The average Bonchev–Trinajstić information content (AvgIpc) is 3.38. The van der Waals surface area contributed by atoms with Crippen LogP contribution in [0.4, 0.5) is 5.69 Å². The molecular weight excluding hydrogens is 450 g/mol. The molecule has 2 bridgehead atoms. The predicted molar refractivity (Wildman–Crippen MR) is 139 cm³/mol. The summed E-state index contributed by atoms with van der Waals surface area (Å²) in [5.74, 6) is -0.111. The average molecular weight is 482 g/mol. The molecule has 2 amide bonds. The van der Waals surface area contributed by atoms with Crippen LogP contribution in [0.1, 0.15) is 52.7 Å². The van der Waals surface area contributed by atoms with Gasteiger partial charge in [0.1, 0.15) is 6.04 Å². The Morgan fingerprint density at radius 3 is 2.44 bits per heavy atom. The summed E-state index contributed by atoms with van der Waals surface area (Å²) >= 11 is 0. The Hall–Kier alpha value is -3.22. The molecule has 3 fully saturated rings. The summed E-state index contributed by atoms with van der Waals surface area (Å²) in [6.45, 7) is 3.74. The number of likely N-dealkylation sites (tertiary alicyclic amines) is 1. The van der Waals surface area contributed by atoms with Crippen molar-refractivity contribution in [2.45, 2.75) is 56.9 Å². The maximum Gasteiger partial charge on any atom is 0.259 e. The Morgan fingerprint density at radius 1 is 0.889 bits per heavy atom. The van der Waals surface area contributed by atoms with Gasteiger partial charge >= 0.3 is 0 Å². The number of piperidine rings is 1. The first kappa shape index (κ1) is 22.0. The minimum atomic E-state index is -0.429. The minimum Gasteiger partial charge on any atom is -0.372 e. The molecule has 4 heterocycles. The zero-order valence-electron chi connectivity index (χ0n) is 20.4. The molecule has 36 heavy (non-hydrogen) atoms. The highest BCUT2D eigenvalue weighted by molar-refractivity contribution is 6.27. The van der Waals surface area contributed by atoms with Crippen LogP contribution >= 0.6 is 0 Å². The second kappa shape index (κ2) is 8.71. The summed E-state index contributed by atoms with van der Waals surface area (Å²) in [7, 11) is 0. The molecular formula is C30H31N3O3. The molecule has 4 aliphatic rings. The molecule has 3 aromatic rings. The van der Waals surface area contributed by atoms with Crippen molar-refractivity contribution in [1.29, 1.82) is 0 Å². The smallest absolute Gasteiger partial charge is 0.259 e. The van der Waals surface area contributed by atoms with Crippen molar-refractivity contribution in [2.24, 2.45) is 0 Å². The van der Waals surface area contributed by atoms with E-state index >= 15 is 0 Å². The highest BCUT2D eigenvalue weighted by atomic mass is 16.5. The zero-order valence-corrected chi connectivity index (χ0v) is 20.4. The van der Waals surface area contributed by atoms with Crippen molar-refractivity contribution in [1.82, 2.24) is 10.2 Å². The molecule has 4 aliphatic heterocycles. The number of fused-ring (bicyclic) bond motifs is 2. The molecule has 3 aromatic carbocycles. The van der Waals surface area contributed by atoms with Crippen molar-refractivity contribution in [2.75, 3.05) is 24.5 Å². The molecule has 6 heteroatoms. The number of nitrogens with one attached hydrogen (secondary N) is 1. The van der Waals surface area contributed by atoms with E-state index in [0.29, 0.717) is 30.7 Å². The maximum atomic E-state index is 13.4. The second-order valence-corrected chi connectivity index (χ2v) is 10.7. The van der Waals surface area contributed by atoms with Gasteiger partial charge < -0.3 is 10.1 Å². The van der Waals surface area contributed by atoms with Gasteiger partial charge in [0, 0.05) is 37.1 Å². The molecule has 7 rings (SSSR count). The normalized spacial score (nSPS) is 25.6. The molecule has 0 spiro atoms. The van der Waals surface area contributed by atoms with Gasteiger partial charge in [-0.2, -0.15) is 0 Å². The van der Waals surface area contributed by atoms with E-state index in [1.807, 2.05) is 18.2 Å². The van der Waals surface area contributed by atoms with E-state index in [9.17, 15) is 9.59 Å². The highest BCUT2D eigenvalue weighted by Gasteiger charge is 2.39. The van der Waals surface area contributed by atoms with Crippen LogP contribution in [-0.2, 0) is 22.5 Å². The van der Waals surface area contributed by atoms with Crippen LogP contribution in [0, 0.1) is 0 Å². The highest BCUT2D eigenvalue weighted by Crippen LogP contribution is 2.41. The van der Waals surface area contributed by atoms with Crippen LogP contribution in [0.15, 0.2) is 54.6 Å². The Morgan fingerprint density at radius 2 is 1.67 bits per heavy atom. The van der Waals surface area contributed by atoms with Gasteiger partial charge in [0.2, 0.25) is 5.91 Å². The number of anilines is 1. The molecule has 0 radical (unpaired) electrons. The second-order valence-electron chi connectivity index (χ2n) is 10.7. The maximum absolute atomic E-state index is 13.4. The molecule has 3 atom stereocenters. The lowest BCUT2D eigenvalue weighted by Crippen LogP contribution is -2.51. The lowest BCUT2D eigenvalue weighted by atomic mass is 9.95. The quantitative estimate of drug-likeness (QED) is 0.598. The van der Waals surface area contributed by atoms with E-state index in [-0.39, 0.29) is 11.8 Å². The zero-order chi connectivity index (χ0) is 24.2. The fourth-order valence-electron chi connectivity index (χ4n) is 6.60. The standard InChI is InChI=1S/C30H31N3O3/c34-29-27(5-2-14-31-29)33-26-13-10-21(24-3-1-4-25(28(24)26)30(33)35)15-19-6-8-20(9-7-19)16-32-17-22-11-12-23(18-32)36-22/h1,3-4,6-10,13,22-23,27H,2,5,11-12,14-18H2,(H,31,34). The summed E-state index contributed by atoms with van der Waals surface area (Å²) in [5.41, 5.74) is 5.38. The van der Waals surface area contributed by atoms with Gasteiger partial charge in [0.15, 0.2) is 0 Å². The minimum absolute atomic E-state index is 0.0514. The summed E-state index contributed by atoms with van der Waals surface area (Å²) in [6, 6.07) is 18.7. The van der Waals surface area contributed by atoms with E-state index < -0.39 is 6.04 Å². The first-order chi connectivity index (χ1) is 17.6. The first-order valence-corrected chi connectivity index (χ1v) is 13.3. The molecule has 3 saturated heterocycles. The van der Waals surface area contributed by atoms with Crippen molar-refractivity contribution < 1.29 is 14.3 Å². The van der Waals surface area contributed by atoms with Gasteiger partial charge in [-0.15, -0.1) is 0 Å². The van der Waals surface area contributed by atoms with Crippen LogP contribution in [0.5, 0.6) is 0 Å². The Bertz CT molecular complexity index is 1340. The molecule has 184 valence electrons. The van der Waals surface area contributed by atoms with Crippen LogP contribution in [0.3, 0.4) is 0 Å². The number of morpholine rings is 1. The largest absolute Gasteiger partial charge is 0.372 e. The van der Waals surface area contributed by atoms with Crippen LogP contribution in [0.2, 0.25) is 0 Å². The number of hydrogen-bond acceptors (Lipinski definition) is 4. The van der Waals surface area contributed by atoms with Gasteiger partial charge in [-0.05, 0) is 66.3 Å². The fourth-order valence-corrected chi connectivity index (χ4v) is 6.60. The van der Waals surface area contributed by atoms with E-state index in [0.717, 1.165) is 48.9 Å². The van der Waals surface area contributed by atoms with Crippen molar-refractivity contribution >= 4 is 28.3 Å². The third-order valence-corrected chi connectivity index (χ3v) is 8.33. The van der Waals surface area contributed by atoms with Crippen molar-refractivity contribution in [3.8, 4) is 0 Å². The van der Waals surface area contributed by atoms with E-state index in [4.69, 9.17) is 4.74 Å². The number of carbonyl (C=O) groups excluding carboxylic acids is 2. The molecule has 0 aromatic heterocycles. The SMILES string of the molecule is O=C1NCCCC1N1C(=O)c2cccc3c(Cc4ccc(CN5CC6CCC(C5)O6)cc4)ccc1c23. The van der Waals surface area contributed by atoms with E-state index in [1.54, 1.807) is 4.90 Å². The lowest BCUT2D eigenvalue weighted by Gasteiger charge is -2.32. The third kappa shape index (κ3) is 3.71. The summed E-state index contributed by atoms with van der Waals surface area (Å²) < 4.78 is 5.97. The summed E-state index contributed by atoms with van der Waals surface area (Å²) in [5, 5.41) is 5.01. The van der Waals surface area contributed by atoms with Gasteiger partial charge in [-0.1, -0.05) is 42.5 Å². The van der Waals surface area contributed by atoms with E-state index in [1.165, 1.54) is 29.5 Å². The number of nitrogens with zero attached hydrogens (tertiary/aromatic N) is 2. The molecule has 1 N–H and O–H groups in total. The molecule has 3 unspecified atom stereocenters. The summed E-state index contributed by atoms with van der Waals surface area (Å²) in [4.78, 5) is 30.2. The van der Waals surface area contributed by atoms with Crippen molar-refractivity contribution in [3.63, 3.8) is 0 Å². The van der Waals surface area contributed by atoms with Gasteiger partial charge in [0.25, 0.3) is 5.91 Å². The fraction of sp³-hybridized carbons (Fsp3) is 0.400. The molecule has 0 saturated carbocycles. The topological polar surface area (TPSA) is 61.9 Å². The number of carbonyl (C=O) groups is 2. The molecule has 6 nitrogen and oxygen atoms in total. The lowest BCUT2D eigenvalue weighted by molar-refractivity contribution is -0.123. The van der Waals surface area contributed by atoms with E-state index in [2.05, 4.69) is 46.6 Å². The summed E-state index contributed by atoms with van der Waals surface area (Å²) in [6.07, 6.45) is 5.63. The Balaban J connectivity index is 1.13. The molecule has 0 aliphatic carbocycles. The predicted octanol–water partition coefficient (Wildman–Crippen LogP) is 4.03. The van der Waals surface area contributed by atoms with Crippen LogP contribution in [-0.4, -0.2) is 54.6 Å². The Labute approximate surface area is 211 Å². The van der Waals surface area contributed by atoms with Crippen molar-refractivity contribution in [3.05, 3.63) is 76.9 Å². The number of amides is 2. The number of benzene rings is 3. The Kier molecular flexibility index (Phi) is 5.33. The van der Waals surface area contributed by atoms with Crippen LogP contribution < -0.4 is 10.2 Å². The monoisotopic (exact) mass is 481 g/mol. The number of rotatable bonds is 5. The number of ether oxygens (including phenoxy) is 1. The van der Waals surface area contributed by atoms with Gasteiger partial charge in [0.05, 0.1) is 17.9 Å². The first-order valence-electron chi connectivity index (χ1n) is 13.3.